The number of alkyl halides is 6. The second kappa shape index (κ2) is 12.3. The number of imidazole rings is 1. The van der Waals surface area contributed by atoms with Crippen LogP contribution in [0.4, 0.5) is 26.3 Å². The molecule has 5 rings (SSSR count). The van der Waals surface area contributed by atoms with Crippen molar-refractivity contribution in [2.45, 2.75) is 25.4 Å². The van der Waals surface area contributed by atoms with Crippen molar-refractivity contribution in [2.75, 3.05) is 0 Å². The maximum Gasteiger partial charge on any atom is 0.490 e. The average Bonchev–Trinajstić information content (AvgIpc) is 3.37. The van der Waals surface area contributed by atoms with E-state index in [2.05, 4.69) is 45.6 Å². The number of hydrogen-bond donors (Lipinski definition) is 3. The summed E-state index contributed by atoms with van der Waals surface area (Å²) in [5, 5.41) is 10.6. The molecule has 5 nitrogen and oxygen atoms in total. The van der Waals surface area contributed by atoms with E-state index >= 15 is 0 Å². The number of nitrogens with one attached hydrogen (secondary N) is 2. The van der Waals surface area contributed by atoms with Crippen LogP contribution in [0.2, 0.25) is 0 Å². The lowest BCUT2D eigenvalue weighted by molar-refractivity contribution is -0.192. The second-order valence-corrected chi connectivity index (χ2v) is 8.98. The molecule has 212 valence electrons. The van der Waals surface area contributed by atoms with E-state index in [1.54, 1.807) is 0 Å². The number of rotatable bonds is 6. The molecule has 0 aliphatic heterocycles. The van der Waals surface area contributed by atoms with Gasteiger partial charge in [0.15, 0.2) is 0 Å². The Labute approximate surface area is 230 Å². The normalized spacial score (nSPS) is 11.7. The maximum absolute atomic E-state index is 13.0. The molecule has 41 heavy (non-hydrogen) atoms. The molecule has 0 bridgehead atoms. The minimum Gasteiger partial charge on any atom is -0.475 e. The Hall–Kier alpha value is -4.64. The lowest BCUT2D eigenvalue weighted by atomic mass is 10.0. The summed E-state index contributed by atoms with van der Waals surface area (Å²) in [6, 6.07) is 30.0. The molecule has 1 heterocycles. The third kappa shape index (κ3) is 7.95. The van der Waals surface area contributed by atoms with Crippen molar-refractivity contribution in [1.82, 2.24) is 15.3 Å². The number of H-pyrrole nitrogens is 1. The number of halogens is 6. The minimum absolute atomic E-state index is 0.365. The van der Waals surface area contributed by atoms with E-state index < -0.39 is 23.9 Å². The van der Waals surface area contributed by atoms with Gasteiger partial charge in [-0.05, 0) is 46.5 Å². The van der Waals surface area contributed by atoms with Gasteiger partial charge in [0, 0.05) is 18.7 Å². The predicted octanol–water partition coefficient (Wildman–Crippen LogP) is 7.84. The molecule has 3 N–H and O–H groups in total. The van der Waals surface area contributed by atoms with Crippen molar-refractivity contribution in [2.24, 2.45) is 0 Å². The molecule has 0 aliphatic carbocycles. The largest absolute Gasteiger partial charge is 0.490 e. The monoisotopic (exact) mass is 571 g/mol. The van der Waals surface area contributed by atoms with E-state index in [1.807, 2.05) is 48.5 Å². The lowest BCUT2D eigenvalue weighted by Gasteiger charge is -2.08. The highest BCUT2D eigenvalue weighted by Crippen LogP contribution is 2.32. The Bertz CT molecular complexity index is 1610. The number of nitrogens with zero attached hydrogens (tertiary/aromatic N) is 1. The number of fused-ring (bicyclic) bond motifs is 1. The highest BCUT2D eigenvalue weighted by atomic mass is 19.4. The smallest absolute Gasteiger partial charge is 0.475 e. The molecule has 0 spiro atoms. The fourth-order valence-electron chi connectivity index (χ4n) is 3.95. The van der Waals surface area contributed by atoms with Gasteiger partial charge >= 0.3 is 18.3 Å². The van der Waals surface area contributed by atoms with Crippen LogP contribution in [0, 0.1) is 0 Å². The molecule has 0 atom stereocenters. The Morgan fingerprint density at radius 1 is 0.732 bits per heavy atom. The van der Waals surface area contributed by atoms with E-state index in [1.165, 1.54) is 17.2 Å². The number of carboxylic acids is 1. The minimum atomic E-state index is -5.08. The summed E-state index contributed by atoms with van der Waals surface area (Å²) in [7, 11) is 0. The van der Waals surface area contributed by atoms with Crippen LogP contribution in [-0.2, 0) is 24.1 Å². The summed E-state index contributed by atoms with van der Waals surface area (Å²) in [4.78, 5) is 16.4. The van der Waals surface area contributed by atoms with E-state index in [0.29, 0.717) is 16.9 Å². The van der Waals surface area contributed by atoms with Crippen molar-refractivity contribution in [3.05, 3.63) is 114 Å². The van der Waals surface area contributed by atoms with Crippen molar-refractivity contribution in [3.63, 3.8) is 0 Å². The number of aliphatic carboxylic acids is 1. The highest BCUT2D eigenvalue weighted by molar-refractivity contribution is 5.80. The van der Waals surface area contributed by atoms with E-state index in [9.17, 15) is 26.3 Å². The number of carbonyl (C=O) groups is 1. The topological polar surface area (TPSA) is 78.0 Å². The zero-order valence-electron chi connectivity index (χ0n) is 21.2. The quantitative estimate of drug-likeness (QED) is 0.182. The van der Waals surface area contributed by atoms with Crippen LogP contribution in [0.15, 0.2) is 97.1 Å². The van der Waals surface area contributed by atoms with Crippen molar-refractivity contribution < 1.29 is 36.2 Å². The molecule has 0 fully saturated rings. The van der Waals surface area contributed by atoms with E-state index in [4.69, 9.17) is 9.90 Å². The molecule has 5 aromatic rings. The number of hydrogen-bond acceptors (Lipinski definition) is 3. The van der Waals surface area contributed by atoms with Crippen LogP contribution >= 0.6 is 0 Å². The molecule has 0 saturated carbocycles. The predicted molar refractivity (Wildman–Crippen MR) is 143 cm³/mol. The standard InChI is InChI=1S/C28H22F3N3.C2HF3O2/c29-28(30,31)24-13-14-25-26(16-24)34-27(33-25)22-11-9-21(10-12-22)23-8-4-7-20(15-23)18-32-17-19-5-2-1-3-6-19;3-2(4,5)1(6)7/h1-16,32H,17-18H2,(H,33,34);(H,6,7). The molecular formula is C30H23F6N3O2. The van der Waals surface area contributed by atoms with Gasteiger partial charge in [0.05, 0.1) is 16.6 Å². The second-order valence-electron chi connectivity index (χ2n) is 8.98. The van der Waals surface area contributed by atoms with Gasteiger partial charge in [-0.1, -0.05) is 72.8 Å². The van der Waals surface area contributed by atoms with E-state index in [0.717, 1.165) is 41.9 Å². The third-order valence-electron chi connectivity index (χ3n) is 5.97. The van der Waals surface area contributed by atoms with Crippen LogP contribution < -0.4 is 5.32 Å². The molecule has 0 unspecified atom stereocenters. The average molecular weight is 572 g/mol. The number of benzene rings is 4. The lowest BCUT2D eigenvalue weighted by Crippen LogP contribution is -2.21. The Balaban J connectivity index is 0.000000493. The first-order valence-electron chi connectivity index (χ1n) is 12.2. The van der Waals surface area contributed by atoms with Crippen molar-refractivity contribution in [1.29, 1.82) is 0 Å². The van der Waals surface area contributed by atoms with Gasteiger partial charge in [0.1, 0.15) is 5.82 Å². The fraction of sp³-hybridized carbons (Fsp3) is 0.133. The number of carboxylic acid groups (broad SMARTS) is 1. The molecule has 1 aromatic heterocycles. The molecule has 0 saturated heterocycles. The van der Waals surface area contributed by atoms with Crippen LogP contribution in [0.3, 0.4) is 0 Å². The molecule has 0 amide bonds. The number of aromatic amines is 1. The number of aromatic nitrogens is 2. The molecule has 0 radical (unpaired) electrons. The summed E-state index contributed by atoms with van der Waals surface area (Å²) in [6.07, 6.45) is -9.47. The summed E-state index contributed by atoms with van der Waals surface area (Å²) in [5.41, 5.74) is 5.59. The zero-order valence-corrected chi connectivity index (χ0v) is 21.2. The first-order valence-corrected chi connectivity index (χ1v) is 12.2. The zero-order chi connectivity index (χ0) is 29.6. The highest BCUT2D eigenvalue weighted by Gasteiger charge is 2.38. The van der Waals surface area contributed by atoms with Crippen LogP contribution in [-0.4, -0.2) is 27.2 Å². The first-order chi connectivity index (χ1) is 19.4. The van der Waals surface area contributed by atoms with Crippen LogP contribution in [0.1, 0.15) is 16.7 Å². The first kappa shape index (κ1) is 29.3. The fourth-order valence-corrected chi connectivity index (χ4v) is 3.95. The van der Waals surface area contributed by atoms with Crippen molar-refractivity contribution in [3.8, 4) is 22.5 Å². The van der Waals surface area contributed by atoms with Gasteiger partial charge in [0.25, 0.3) is 0 Å². The summed E-state index contributed by atoms with van der Waals surface area (Å²) < 4.78 is 70.7. The van der Waals surface area contributed by atoms with Crippen molar-refractivity contribution >= 4 is 17.0 Å². The Morgan fingerprint density at radius 3 is 1.98 bits per heavy atom. The summed E-state index contributed by atoms with van der Waals surface area (Å²) >= 11 is 0. The van der Waals surface area contributed by atoms with Crippen LogP contribution in [0.5, 0.6) is 0 Å². The van der Waals surface area contributed by atoms with Gasteiger partial charge in [0.2, 0.25) is 0 Å². The van der Waals surface area contributed by atoms with Gasteiger partial charge in [-0.3, -0.25) is 0 Å². The third-order valence-corrected chi connectivity index (χ3v) is 5.97. The Kier molecular flexibility index (Phi) is 8.77. The van der Waals surface area contributed by atoms with Gasteiger partial charge in [-0.15, -0.1) is 0 Å². The van der Waals surface area contributed by atoms with E-state index in [-0.39, 0.29) is 0 Å². The molecule has 0 aliphatic rings. The summed E-state index contributed by atoms with van der Waals surface area (Å²) in [6.45, 7) is 1.57. The molecule has 11 heteroatoms. The molecular weight excluding hydrogens is 548 g/mol. The SMILES string of the molecule is FC(F)(F)c1ccc2nc(-c3ccc(-c4cccc(CNCc5ccccc5)c4)cc3)[nH]c2c1.O=C(O)C(F)(F)F. The van der Waals surface area contributed by atoms with Gasteiger partial charge in [-0.25, -0.2) is 9.78 Å². The van der Waals surface area contributed by atoms with Gasteiger partial charge in [-0.2, -0.15) is 26.3 Å². The van der Waals surface area contributed by atoms with Crippen LogP contribution in [0.25, 0.3) is 33.5 Å². The maximum atomic E-state index is 13.0. The summed E-state index contributed by atoms with van der Waals surface area (Å²) in [5.74, 6) is -2.22. The molecule has 4 aromatic carbocycles. The van der Waals surface area contributed by atoms with Gasteiger partial charge < -0.3 is 15.4 Å². The Morgan fingerprint density at radius 2 is 1.34 bits per heavy atom.